The molecule has 5 nitrogen and oxygen atoms in total. The van der Waals surface area contributed by atoms with E-state index >= 15 is 0 Å². The number of aromatic nitrogens is 1. The molecule has 126 valence electrons. The molecule has 1 saturated heterocycles. The first kappa shape index (κ1) is 15.4. The van der Waals surface area contributed by atoms with Crippen molar-refractivity contribution >= 4 is 5.82 Å². The van der Waals surface area contributed by atoms with Gasteiger partial charge in [0.15, 0.2) is 0 Å². The molecule has 0 atom stereocenters. The Labute approximate surface area is 143 Å². The summed E-state index contributed by atoms with van der Waals surface area (Å²) in [6.45, 7) is 7.50. The Morgan fingerprint density at radius 3 is 2.67 bits per heavy atom. The van der Waals surface area contributed by atoms with E-state index in [0.717, 1.165) is 57.5 Å². The minimum absolute atomic E-state index is 0.692. The van der Waals surface area contributed by atoms with E-state index in [2.05, 4.69) is 57.6 Å². The lowest BCUT2D eigenvalue weighted by Gasteiger charge is -2.28. The van der Waals surface area contributed by atoms with Crippen molar-refractivity contribution in [1.82, 2.24) is 15.2 Å². The van der Waals surface area contributed by atoms with Gasteiger partial charge in [-0.25, -0.2) is 0 Å². The zero-order chi connectivity index (χ0) is 16.2. The molecular formula is C19H24N4O. The van der Waals surface area contributed by atoms with Gasteiger partial charge >= 0.3 is 0 Å². The molecule has 0 saturated carbocycles. The zero-order valence-corrected chi connectivity index (χ0v) is 13.9. The van der Waals surface area contributed by atoms with Crippen LogP contribution in [0.5, 0.6) is 5.88 Å². The molecule has 24 heavy (non-hydrogen) atoms. The van der Waals surface area contributed by atoms with E-state index in [1.807, 2.05) is 0 Å². The Morgan fingerprint density at radius 2 is 1.83 bits per heavy atom. The van der Waals surface area contributed by atoms with Gasteiger partial charge in [-0.3, -0.25) is 4.90 Å². The number of ether oxygens (including phenoxy) is 1. The van der Waals surface area contributed by atoms with Crippen LogP contribution in [-0.4, -0.2) is 49.2 Å². The summed E-state index contributed by atoms with van der Waals surface area (Å²) in [5, 5.41) is 3.38. The van der Waals surface area contributed by atoms with Gasteiger partial charge in [-0.1, -0.05) is 30.3 Å². The third kappa shape index (κ3) is 3.52. The quantitative estimate of drug-likeness (QED) is 0.934. The molecule has 0 bridgehead atoms. The molecule has 1 aromatic heterocycles. The summed E-state index contributed by atoms with van der Waals surface area (Å²) in [6, 6.07) is 14.9. The van der Waals surface area contributed by atoms with Crippen molar-refractivity contribution in [3.63, 3.8) is 0 Å². The second kappa shape index (κ2) is 7.20. The molecule has 3 heterocycles. The van der Waals surface area contributed by atoms with Gasteiger partial charge in [-0.05, 0) is 17.7 Å². The number of nitrogens with one attached hydrogen (secondary N) is 1. The van der Waals surface area contributed by atoms with E-state index in [1.54, 1.807) is 0 Å². The molecule has 5 heteroatoms. The van der Waals surface area contributed by atoms with Crippen LogP contribution >= 0.6 is 0 Å². The number of piperazine rings is 1. The molecule has 1 N–H and O–H groups in total. The monoisotopic (exact) mass is 324 g/mol. The smallest absolute Gasteiger partial charge is 0.219 e. The number of nitrogens with zero attached hydrogens (tertiary/aromatic N) is 3. The second-order valence-corrected chi connectivity index (χ2v) is 6.42. The van der Waals surface area contributed by atoms with Crippen LogP contribution in [0.15, 0.2) is 42.5 Å². The number of benzene rings is 1. The molecule has 0 unspecified atom stereocenters. The number of hydrogen-bond donors (Lipinski definition) is 1. The fraction of sp³-hybridized carbons (Fsp3) is 0.421. The van der Waals surface area contributed by atoms with Crippen molar-refractivity contribution in [1.29, 1.82) is 0 Å². The summed E-state index contributed by atoms with van der Waals surface area (Å²) in [4.78, 5) is 9.54. The topological polar surface area (TPSA) is 40.6 Å². The predicted molar refractivity (Wildman–Crippen MR) is 95.4 cm³/mol. The Hall–Kier alpha value is -2.11. The standard InChI is InChI=1S/C19H24N4O/c1-2-4-16(5-3-1)14-22-12-13-24-19-17(15-22)6-7-18(21-19)23-10-8-20-9-11-23/h1-7,20H,8-15H2. The molecule has 2 aliphatic heterocycles. The highest BCUT2D eigenvalue weighted by molar-refractivity contribution is 5.44. The molecule has 2 aromatic rings. The first-order valence-corrected chi connectivity index (χ1v) is 8.73. The van der Waals surface area contributed by atoms with Crippen LogP contribution in [0, 0.1) is 0 Å². The maximum atomic E-state index is 5.95. The normalized spacial score (nSPS) is 18.6. The van der Waals surface area contributed by atoms with Crippen molar-refractivity contribution in [2.24, 2.45) is 0 Å². The van der Waals surface area contributed by atoms with Crippen molar-refractivity contribution in [3.05, 3.63) is 53.6 Å². The van der Waals surface area contributed by atoms with Crippen LogP contribution in [0.2, 0.25) is 0 Å². The molecule has 4 rings (SSSR count). The number of pyridine rings is 1. The average Bonchev–Trinajstić information content (AvgIpc) is 2.84. The highest BCUT2D eigenvalue weighted by Gasteiger charge is 2.19. The van der Waals surface area contributed by atoms with Crippen LogP contribution in [0.4, 0.5) is 5.82 Å². The summed E-state index contributed by atoms with van der Waals surface area (Å²) in [7, 11) is 0. The van der Waals surface area contributed by atoms with Crippen LogP contribution in [0.1, 0.15) is 11.1 Å². The summed E-state index contributed by atoms with van der Waals surface area (Å²) in [5.74, 6) is 1.84. The molecule has 0 spiro atoms. The van der Waals surface area contributed by atoms with Gasteiger partial charge in [0.25, 0.3) is 0 Å². The minimum atomic E-state index is 0.692. The van der Waals surface area contributed by atoms with Crippen LogP contribution < -0.4 is 15.0 Å². The highest BCUT2D eigenvalue weighted by atomic mass is 16.5. The number of hydrogen-bond acceptors (Lipinski definition) is 5. The van der Waals surface area contributed by atoms with Crippen molar-refractivity contribution in [2.45, 2.75) is 13.1 Å². The second-order valence-electron chi connectivity index (χ2n) is 6.42. The average molecular weight is 324 g/mol. The molecule has 0 amide bonds. The fourth-order valence-corrected chi connectivity index (χ4v) is 3.34. The Morgan fingerprint density at radius 1 is 1.00 bits per heavy atom. The maximum Gasteiger partial charge on any atom is 0.219 e. The van der Waals surface area contributed by atoms with E-state index in [9.17, 15) is 0 Å². The Kier molecular flexibility index (Phi) is 4.62. The first-order valence-electron chi connectivity index (χ1n) is 8.73. The van der Waals surface area contributed by atoms with Gasteiger partial charge in [-0.2, -0.15) is 4.98 Å². The van der Waals surface area contributed by atoms with E-state index < -0.39 is 0 Å². The van der Waals surface area contributed by atoms with Gasteiger partial charge in [0.05, 0.1) is 0 Å². The van der Waals surface area contributed by atoms with Gasteiger partial charge in [0.2, 0.25) is 5.88 Å². The lowest BCUT2D eigenvalue weighted by Crippen LogP contribution is -2.43. The predicted octanol–water partition coefficient (Wildman–Crippen LogP) is 1.89. The molecule has 0 aliphatic carbocycles. The summed E-state index contributed by atoms with van der Waals surface area (Å²) < 4.78 is 5.95. The molecular weight excluding hydrogens is 300 g/mol. The Bertz CT molecular complexity index is 670. The van der Waals surface area contributed by atoms with Gasteiger partial charge < -0.3 is 15.0 Å². The van der Waals surface area contributed by atoms with Crippen LogP contribution in [-0.2, 0) is 13.1 Å². The summed E-state index contributed by atoms with van der Waals surface area (Å²) in [6.07, 6.45) is 0. The summed E-state index contributed by atoms with van der Waals surface area (Å²) in [5.41, 5.74) is 2.52. The molecule has 2 aliphatic rings. The van der Waals surface area contributed by atoms with E-state index in [-0.39, 0.29) is 0 Å². The molecule has 1 aromatic carbocycles. The van der Waals surface area contributed by atoms with E-state index in [1.165, 1.54) is 11.1 Å². The number of fused-ring (bicyclic) bond motifs is 1. The van der Waals surface area contributed by atoms with Gasteiger partial charge in [0.1, 0.15) is 12.4 Å². The van der Waals surface area contributed by atoms with Gasteiger partial charge in [0, 0.05) is 51.4 Å². The van der Waals surface area contributed by atoms with Crippen LogP contribution in [0.25, 0.3) is 0 Å². The van der Waals surface area contributed by atoms with E-state index in [4.69, 9.17) is 9.72 Å². The lowest BCUT2D eigenvalue weighted by atomic mass is 10.2. The van der Waals surface area contributed by atoms with Gasteiger partial charge in [-0.15, -0.1) is 0 Å². The SMILES string of the molecule is c1ccc(CN2CCOc3nc(N4CCNCC4)ccc3C2)cc1. The van der Waals surface area contributed by atoms with E-state index in [0.29, 0.717) is 6.61 Å². The molecule has 0 radical (unpaired) electrons. The fourth-order valence-electron chi connectivity index (χ4n) is 3.34. The lowest BCUT2D eigenvalue weighted by molar-refractivity contribution is 0.217. The number of anilines is 1. The maximum absolute atomic E-state index is 5.95. The largest absolute Gasteiger partial charge is 0.476 e. The first-order chi connectivity index (χ1) is 11.9. The zero-order valence-electron chi connectivity index (χ0n) is 13.9. The number of rotatable bonds is 3. The highest BCUT2D eigenvalue weighted by Crippen LogP contribution is 2.25. The summed E-state index contributed by atoms with van der Waals surface area (Å²) >= 11 is 0. The van der Waals surface area contributed by atoms with Crippen molar-refractivity contribution in [3.8, 4) is 5.88 Å². The molecule has 1 fully saturated rings. The Balaban J connectivity index is 1.49. The third-order valence-electron chi connectivity index (χ3n) is 4.65. The third-order valence-corrected chi connectivity index (χ3v) is 4.65. The minimum Gasteiger partial charge on any atom is -0.476 e. The van der Waals surface area contributed by atoms with Crippen molar-refractivity contribution < 1.29 is 4.74 Å². The van der Waals surface area contributed by atoms with Crippen molar-refractivity contribution in [2.75, 3.05) is 44.2 Å². The van der Waals surface area contributed by atoms with Crippen LogP contribution in [0.3, 0.4) is 0 Å².